The zero-order valence-corrected chi connectivity index (χ0v) is 15.2. The number of carboxylic acids is 1. The summed E-state index contributed by atoms with van der Waals surface area (Å²) < 4.78 is 0. The minimum absolute atomic E-state index is 0.326. The average molecular weight is 345 g/mol. The van der Waals surface area contributed by atoms with Crippen LogP contribution >= 0.6 is 0 Å². The molecule has 0 heterocycles. The normalized spacial score (nSPS) is 13.6. The van der Waals surface area contributed by atoms with Crippen LogP contribution in [0.1, 0.15) is 103 Å². The van der Waals surface area contributed by atoms with E-state index in [1.54, 1.807) is 0 Å². The van der Waals surface area contributed by atoms with Crippen molar-refractivity contribution in [3.8, 4) is 0 Å². The van der Waals surface area contributed by atoms with E-state index in [2.05, 4.69) is 6.92 Å². The molecule has 0 aliphatic heterocycles. The van der Waals surface area contributed by atoms with Crippen molar-refractivity contribution in [1.82, 2.24) is 0 Å². The number of nitrogens with zero attached hydrogens (tertiary/aromatic N) is 1. The molecule has 0 saturated carbocycles. The van der Waals surface area contributed by atoms with Crippen LogP contribution in [0.15, 0.2) is 0 Å². The fourth-order valence-corrected chi connectivity index (χ4v) is 2.84. The molecule has 0 aromatic heterocycles. The molecule has 0 amide bonds. The van der Waals surface area contributed by atoms with Crippen LogP contribution in [0.2, 0.25) is 0 Å². The number of aliphatic carboxylic acids is 1. The van der Waals surface area contributed by atoms with Crippen LogP contribution in [0.25, 0.3) is 0 Å². The molecule has 1 atom stereocenters. The van der Waals surface area contributed by atoms with Gasteiger partial charge in [0.25, 0.3) is 0 Å². The summed E-state index contributed by atoms with van der Waals surface area (Å²) in [5.41, 5.74) is -2.82. The molecule has 0 aromatic carbocycles. The van der Waals surface area contributed by atoms with Gasteiger partial charge in [-0.1, -0.05) is 90.4 Å². The summed E-state index contributed by atoms with van der Waals surface area (Å²) in [6.07, 6.45) is 15.8. The van der Waals surface area contributed by atoms with Crippen LogP contribution in [-0.2, 0) is 4.79 Å². The zero-order valence-electron chi connectivity index (χ0n) is 15.2. The number of hydrogen-bond acceptors (Lipinski definition) is 4. The van der Waals surface area contributed by atoms with Crippen molar-refractivity contribution in [2.75, 3.05) is 0 Å². The molecule has 2 N–H and O–H groups in total. The molecule has 6 heteroatoms. The predicted molar refractivity (Wildman–Crippen MR) is 94.5 cm³/mol. The Labute approximate surface area is 145 Å². The van der Waals surface area contributed by atoms with Gasteiger partial charge in [0.05, 0.1) is 11.3 Å². The lowest BCUT2D eigenvalue weighted by Gasteiger charge is -2.13. The molecule has 0 aliphatic carbocycles. The Kier molecular flexibility index (Phi) is 13.5. The van der Waals surface area contributed by atoms with E-state index in [0.29, 0.717) is 6.42 Å². The van der Waals surface area contributed by atoms with Gasteiger partial charge in [-0.05, 0) is 6.42 Å². The smallest absolute Gasteiger partial charge is 0.419 e. The van der Waals surface area contributed by atoms with Gasteiger partial charge in [-0.25, -0.2) is 4.79 Å². The Hall–Kier alpha value is -1.17. The number of hydrogen-bond donors (Lipinski definition) is 2. The van der Waals surface area contributed by atoms with Gasteiger partial charge in [-0.15, -0.1) is 0 Å². The van der Waals surface area contributed by atoms with Crippen molar-refractivity contribution in [2.45, 2.75) is 109 Å². The fraction of sp³-hybridized carbons (Fsp3) is 0.944. The predicted octanol–water partition coefficient (Wildman–Crippen LogP) is 4.91. The summed E-state index contributed by atoms with van der Waals surface area (Å²) in [5.74, 6) is -1.78. The third-order valence-electron chi connectivity index (χ3n) is 4.52. The Morgan fingerprint density at radius 3 is 1.46 bits per heavy atom. The average Bonchev–Trinajstić information content (AvgIpc) is 2.54. The molecule has 0 saturated heterocycles. The number of nitro groups is 1. The second kappa shape index (κ2) is 14.2. The Balaban J connectivity index is 3.40. The molecule has 1 unspecified atom stereocenters. The molecule has 0 fully saturated rings. The van der Waals surface area contributed by atoms with Gasteiger partial charge < -0.3 is 10.2 Å². The highest BCUT2D eigenvalue weighted by Crippen LogP contribution is 2.18. The van der Waals surface area contributed by atoms with E-state index in [1.807, 2.05) is 0 Å². The summed E-state index contributed by atoms with van der Waals surface area (Å²) in [6.45, 7) is 2.23. The van der Waals surface area contributed by atoms with Gasteiger partial charge in [0.2, 0.25) is 0 Å². The summed E-state index contributed by atoms with van der Waals surface area (Å²) in [5, 5.41) is 28.8. The van der Waals surface area contributed by atoms with Crippen molar-refractivity contribution in [2.24, 2.45) is 0 Å². The van der Waals surface area contributed by atoms with E-state index in [9.17, 15) is 20.0 Å². The van der Waals surface area contributed by atoms with Crippen LogP contribution in [0.4, 0.5) is 0 Å². The van der Waals surface area contributed by atoms with Crippen LogP contribution < -0.4 is 0 Å². The van der Waals surface area contributed by atoms with Crippen LogP contribution in [0, 0.1) is 10.1 Å². The minimum Gasteiger partial charge on any atom is -0.474 e. The molecule has 142 valence electrons. The van der Waals surface area contributed by atoms with Crippen LogP contribution in [-0.4, -0.2) is 26.8 Å². The van der Waals surface area contributed by atoms with Gasteiger partial charge in [0.1, 0.15) is 0 Å². The number of rotatable bonds is 17. The molecule has 24 heavy (non-hydrogen) atoms. The first-order chi connectivity index (χ1) is 11.4. The van der Waals surface area contributed by atoms with Crippen molar-refractivity contribution in [3.05, 3.63) is 10.1 Å². The highest BCUT2D eigenvalue weighted by molar-refractivity contribution is 5.74. The summed E-state index contributed by atoms with van der Waals surface area (Å²) in [4.78, 5) is 20.2. The SMILES string of the molecule is CCCCCCCCCCCCCCCCC(O)(C(=O)O)[N+](=O)[O-]. The van der Waals surface area contributed by atoms with E-state index in [0.717, 1.165) is 25.7 Å². The first-order valence-corrected chi connectivity index (χ1v) is 9.55. The molecule has 0 spiro atoms. The molecule has 6 nitrogen and oxygen atoms in total. The lowest BCUT2D eigenvalue weighted by Crippen LogP contribution is -2.46. The molecular weight excluding hydrogens is 310 g/mol. The van der Waals surface area contributed by atoms with Crippen molar-refractivity contribution >= 4 is 5.97 Å². The number of carbonyl (C=O) groups is 1. The van der Waals surface area contributed by atoms with Gasteiger partial charge in [0, 0.05) is 0 Å². The highest BCUT2D eigenvalue weighted by atomic mass is 16.7. The van der Waals surface area contributed by atoms with Gasteiger partial charge in [-0.2, -0.15) is 0 Å². The highest BCUT2D eigenvalue weighted by Gasteiger charge is 2.48. The third-order valence-corrected chi connectivity index (χ3v) is 4.52. The molecule has 0 radical (unpaired) electrons. The van der Waals surface area contributed by atoms with Crippen LogP contribution in [0.3, 0.4) is 0 Å². The largest absolute Gasteiger partial charge is 0.474 e. The number of carboxylic acid groups (broad SMARTS) is 1. The fourth-order valence-electron chi connectivity index (χ4n) is 2.84. The zero-order chi connectivity index (χ0) is 18.3. The second-order valence-corrected chi connectivity index (χ2v) is 6.73. The maximum Gasteiger partial charge on any atom is 0.419 e. The molecule has 0 rings (SSSR count). The molecular formula is C18H35NO5. The molecule has 0 aliphatic rings. The van der Waals surface area contributed by atoms with E-state index in [-0.39, 0.29) is 6.42 Å². The third kappa shape index (κ3) is 10.6. The van der Waals surface area contributed by atoms with Crippen molar-refractivity contribution in [3.63, 3.8) is 0 Å². The quantitative estimate of drug-likeness (QED) is 0.169. The monoisotopic (exact) mass is 345 g/mol. The Morgan fingerprint density at radius 1 is 0.833 bits per heavy atom. The van der Waals surface area contributed by atoms with Crippen molar-refractivity contribution < 1.29 is 19.9 Å². The summed E-state index contributed by atoms with van der Waals surface area (Å²) >= 11 is 0. The maximum atomic E-state index is 10.7. The maximum absolute atomic E-state index is 10.7. The first kappa shape index (κ1) is 22.8. The molecule has 0 aromatic rings. The van der Waals surface area contributed by atoms with Gasteiger partial charge >= 0.3 is 11.7 Å². The number of unbranched alkanes of at least 4 members (excludes halogenated alkanes) is 13. The number of aliphatic hydroxyl groups is 1. The first-order valence-electron chi connectivity index (χ1n) is 9.55. The second-order valence-electron chi connectivity index (χ2n) is 6.73. The lowest BCUT2D eigenvalue weighted by molar-refractivity contribution is -0.608. The minimum atomic E-state index is -2.82. The van der Waals surface area contributed by atoms with Crippen LogP contribution in [0.5, 0.6) is 0 Å². The lowest BCUT2D eigenvalue weighted by atomic mass is 10.0. The Bertz CT molecular complexity index is 332. The van der Waals surface area contributed by atoms with E-state index in [4.69, 9.17) is 5.11 Å². The molecule has 0 bridgehead atoms. The van der Waals surface area contributed by atoms with Gasteiger partial charge in [0.15, 0.2) is 0 Å². The summed E-state index contributed by atoms with van der Waals surface area (Å²) in [7, 11) is 0. The summed E-state index contributed by atoms with van der Waals surface area (Å²) in [6, 6.07) is 0. The van der Waals surface area contributed by atoms with Gasteiger partial charge in [-0.3, -0.25) is 10.1 Å². The van der Waals surface area contributed by atoms with E-state index >= 15 is 0 Å². The standard InChI is InChI=1S/C18H35NO5/c1-2-3-4-5-6-7-8-9-10-11-12-13-14-15-16-18(22,17(20)21)19(23)24/h22H,2-16H2,1H3,(H,20,21). The van der Waals surface area contributed by atoms with E-state index in [1.165, 1.54) is 57.8 Å². The van der Waals surface area contributed by atoms with E-state index < -0.39 is 16.6 Å². The topological polar surface area (TPSA) is 101 Å². The van der Waals surface area contributed by atoms with Crippen molar-refractivity contribution in [1.29, 1.82) is 0 Å². The Morgan fingerprint density at radius 2 is 1.17 bits per heavy atom.